The lowest BCUT2D eigenvalue weighted by Crippen LogP contribution is -2.31. The van der Waals surface area contributed by atoms with E-state index < -0.39 is 5.92 Å². The second-order valence-corrected chi connectivity index (χ2v) is 10.1. The maximum atomic E-state index is 12.8. The summed E-state index contributed by atoms with van der Waals surface area (Å²) in [6.07, 6.45) is 18.9. The molecule has 1 aromatic heterocycles. The maximum Gasteiger partial charge on any atom is 0.159 e. The molecule has 2 unspecified atom stereocenters. The van der Waals surface area contributed by atoms with Crippen LogP contribution in [0.3, 0.4) is 0 Å². The minimum absolute atomic E-state index is 0.0682. The molecule has 1 saturated carbocycles. The van der Waals surface area contributed by atoms with E-state index in [0.717, 1.165) is 43.2 Å². The molecule has 1 aromatic carbocycles. The Morgan fingerprint density at radius 2 is 1.53 bits per heavy atom. The van der Waals surface area contributed by atoms with Crippen LogP contribution in [-0.4, -0.2) is 21.5 Å². The van der Waals surface area contributed by atoms with Gasteiger partial charge in [-0.05, 0) is 42.7 Å². The molecule has 0 N–H and O–H groups in total. The molecule has 0 aliphatic heterocycles. The Morgan fingerprint density at radius 3 is 2.18 bits per heavy atom. The number of unbranched alkanes of at least 4 members (excludes halogenated alkanes) is 6. The molecule has 2 atom stereocenters. The molecule has 0 radical (unpaired) electrons. The van der Waals surface area contributed by atoms with Crippen LogP contribution in [0.1, 0.15) is 102 Å². The summed E-state index contributed by atoms with van der Waals surface area (Å²) in [4.78, 5) is 34.4. The van der Waals surface area contributed by atoms with E-state index in [0.29, 0.717) is 24.6 Å². The average molecular weight is 463 g/mol. The number of hydrogen-bond donors (Lipinski definition) is 0. The van der Waals surface area contributed by atoms with Gasteiger partial charge in [-0.15, -0.1) is 0 Å². The SMILES string of the molecule is CCCCCCCCCc1cnc(-c2ccc(CC(=O)C3CCC(CCC)CC3=O)cc2)nc1. The van der Waals surface area contributed by atoms with Gasteiger partial charge < -0.3 is 0 Å². The lowest BCUT2D eigenvalue weighted by Gasteiger charge is -2.26. The van der Waals surface area contributed by atoms with E-state index in [1.165, 1.54) is 50.5 Å². The molecule has 0 saturated heterocycles. The van der Waals surface area contributed by atoms with Crippen LogP contribution < -0.4 is 0 Å². The molecular formula is C30H42N2O2. The van der Waals surface area contributed by atoms with Crippen molar-refractivity contribution in [2.75, 3.05) is 0 Å². The number of rotatable bonds is 14. The highest BCUT2D eigenvalue weighted by Crippen LogP contribution is 2.30. The fourth-order valence-electron chi connectivity index (χ4n) is 5.10. The summed E-state index contributed by atoms with van der Waals surface area (Å²) in [6.45, 7) is 4.41. The third kappa shape index (κ3) is 8.14. The van der Waals surface area contributed by atoms with Crippen molar-refractivity contribution in [2.24, 2.45) is 11.8 Å². The summed E-state index contributed by atoms with van der Waals surface area (Å²) in [5.41, 5.74) is 3.10. The van der Waals surface area contributed by atoms with E-state index in [-0.39, 0.29) is 11.6 Å². The summed E-state index contributed by atoms with van der Waals surface area (Å²) >= 11 is 0. The second-order valence-electron chi connectivity index (χ2n) is 10.1. The van der Waals surface area contributed by atoms with E-state index in [9.17, 15) is 9.59 Å². The van der Waals surface area contributed by atoms with Gasteiger partial charge in [0.15, 0.2) is 5.82 Å². The standard InChI is InChI=1S/C30H42N2O2/c1-3-5-6-7-8-9-10-12-25-21-31-30(32-22-25)26-16-13-24(14-17-26)20-29(34)27-18-15-23(11-4-2)19-28(27)33/h13-14,16-17,21-23,27H,3-12,15,18-20H2,1-2H3. The van der Waals surface area contributed by atoms with Crippen molar-refractivity contribution in [1.82, 2.24) is 9.97 Å². The van der Waals surface area contributed by atoms with Crippen molar-refractivity contribution < 1.29 is 9.59 Å². The Kier molecular flexibility index (Phi) is 10.9. The van der Waals surface area contributed by atoms with Crippen LogP contribution >= 0.6 is 0 Å². The van der Waals surface area contributed by atoms with E-state index in [1.807, 2.05) is 36.7 Å². The molecule has 0 spiro atoms. The van der Waals surface area contributed by atoms with Crippen molar-refractivity contribution in [3.05, 3.63) is 47.8 Å². The smallest absolute Gasteiger partial charge is 0.159 e. The van der Waals surface area contributed by atoms with E-state index >= 15 is 0 Å². The first-order valence-corrected chi connectivity index (χ1v) is 13.6. The summed E-state index contributed by atoms with van der Waals surface area (Å²) < 4.78 is 0. The first kappa shape index (κ1) is 26.2. The highest BCUT2D eigenvalue weighted by Gasteiger charge is 2.32. The number of Topliss-reactive ketones (excluding diaryl/α,β-unsaturated/α-hetero) is 2. The normalized spacial score (nSPS) is 18.2. The molecule has 1 heterocycles. The number of benzene rings is 1. The average Bonchev–Trinajstić information content (AvgIpc) is 2.84. The first-order chi connectivity index (χ1) is 16.6. The largest absolute Gasteiger partial charge is 0.299 e. The molecule has 34 heavy (non-hydrogen) atoms. The van der Waals surface area contributed by atoms with Gasteiger partial charge in [0.1, 0.15) is 11.6 Å². The summed E-state index contributed by atoms with van der Waals surface area (Å²) in [7, 11) is 0. The molecule has 0 amide bonds. The maximum absolute atomic E-state index is 12.8. The van der Waals surface area contributed by atoms with Crippen molar-refractivity contribution >= 4 is 11.6 Å². The predicted octanol–water partition coefficient (Wildman–Crippen LogP) is 7.33. The summed E-state index contributed by atoms with van der Waals surface area (Å²) in [6, 6.07) is 7.90. The highest BCUT2D eigenvalue weighted by atomic mass is 16.1. The molecule has 4 heteroatoms. The van der Waals surface area contributed by atoms with Crippen LogP contribution in [0.5, 0.6) is 0 Å². The zero-order chi connectivity index (χ0) is 24.2. The van der Waals surface area contributed by atoms with Gasteiger partial charge in [-0.1, -0.05) is 89.5 Å². The van der Waals surface area contributed by atoms with Gasteiger partial charge in [-0.25, -0.2) is 9.97 Å². The van der Waals surface area contributed by atoms with Crippen molar-refractivity contribution in [2.45, 2.75) is 104 Å². The molecule has 184 valence electrons. The van der Waals surface area contributed by atoms with Crippen molar-refractivity contribution in [1.29, 1.82) is 0 Å². The number of carbonyl (C=O) groups excluding carboxylic acids is 2. The minimum Gasteiger partial charge on any atom is -0.299 e. The zero-order valence-corrected chi connectivity index (χ0v) is 21.2. The topological polar surface area (TPSA) is 59.9 Å². The van der Waals surface area contributed by atoms with Crippen LogP contribution in [0.25, 0.3) is 11.4 Å². The Morgan fingerprint density at radius 1 is 0.853 bits per heavy atom. The third-order valence-electron chi connectivity index (χ3n) is 7.19. The molecule has 1 aliphatic carbocycles. The molecule has 0 bridgehead atoms. The molecule has 2 aromatic rings. The molecule has 1 fully saturated rings. The molecular weight excluding hydrogens is 420 g/mol. The van der Waals surface area contributed by atoms with Crippen LogP contribution in [0.4, 0.5) is 0 Å². The number of carbonyl (C=O) groups is 2. The van der Waals surface area contributed by atoms with Gasteiger partial charge in [-0.3, -0.25) is 9.59 Å². The van der Waals surface area contributed by atoms with E-state index in [4.69, 9.17) is 0 Å². The third-order valence-corrected chi connectivity index (χ3v) is 7.19. The molecule has 4 nitrogen and oxygen atoms in total. The van der Waals surface area contributed by atoms with Gasteiger partial charge in [0, 0.05) is 30.8 Å². The molecule has 3 rings (SSSR count). The lowest BCUT2D eigenvalue weighted by molar-refractivity contribution is -0.135. The Balaban J connectivity index is 1.45. The number of hydrogen-bond acceptors (Lipinski definition) is 4. The van der Waals surface area contributed by atoms with Crippen LogP contribution in [0, 0.1) is 11.8 Å². The number of nitrogens with zero attached hydrogens (tertiary/aromatic N) is 2. The lowest BCUT2D eigenvalue weighted by atomic mass is 9.76. The van der Waals surface area contributed by atoms with Gasteiger partial charge in [0.25, 0.3) is 0 Å². The number of ketones is 2. The Hall–Kier alpha value is -2.36. The van der Waals surface area contributed by atoms with Crippen LogP contribution in [0.15, 0.2) is 36.7 Å². The van der Waals surface area contributed by atoms with Crippen molar-refractivity contribution in [3.8, 4) is 11.4 Å². The van der Waals surface area contributed by atoms with Crippen molar-refractivity contribution in [3.63, 3.8) is 0 Å². The Labute approximate surface area is 206 Å². The quantitative estimate of drug-likeness (QED) is 0.218. The highest BCUT2D eigenvalue weighted by molar-refractivity contribution is 6.03. The fraction of sp³-hybridized carbons (Fsp3) is 0.600. The predicted molar refractivity (Wildman–Crippen MR) is 139 cm³/mol. The molecule has 1 aliphatic rings. The van der Waals surface area contributed by atoms with Crippen LogP contribution in [-0.2, 0) is 22.4 Å². The minimum atomic E-state index is -0.403. The van der Waals surface area contributed by atoms with Gasteiger partial charge in [-0.2, -0.15) is 0 Å². The fourth-order valence-corrected chi connectivity index (χ4v) is 5.10. The monoisotopic (exact) mass is 462 g/mol. The zero-order valence-electron chi connectivity index (χ0n) is 21.2. The van der Waals surface area contributed by atoms with E-state index in [2.05, 4.69) is 23.8 Å². The number of aryl methyl sites for hydroxylation is 1. The Bertz CT molecular complexity index is 889. The first-order valence-electron chi connectivity index (χ1n) is 13.6. The van der Waals surface area contributed by atoms with Crippen LogP contribution in [0.2, 0.25) is 0 Å². The summed E-state index contributed by atoms with van der Waals surface area (Å²) in [5, 5.41) is 0. The van der Waals surface area contributed by atoms with E-state index in [1.54, 1.807) is 0 Å². The van der Waals surface area contributed by atoms with Gasteiger partial charge in [0.2, 0.25) is 0 Å². The number of aromatic nitrogens is 2. The summed E-state index contributed by atoms with van der Waals surface area (Å²) in [5.74, 6) is 1.00. The van der Waals surface area contributed by atoms with Gasteiger partial charge >= 0.3 is 0 Å². The second kappa shape index (κ2) is 14.1. The van der Waals surface area contributed by atoms with Gasteiger partial charge in [0.05, 0.1) is 5.92 Å².